The largest absolute Gasteiger partial charge is 0.368 e. The molecule has 1 fully saturated rings. The van der Waals surface area contributed by atoms with Gasteiger partial charge in [0.2, 0.25) is 5.91 Å². The smallest absolute Gasteiger partial charge is 0.242 e. The SMILES string of the molecule is NC(=O)C(Cc1cccnc1)(c1ccccc1)N1CCCC1. The minimum Gasteiger partial charge on any atom is -0.368 e. The number of carbonyl (C=O) groups is 1. The number of nitrogens with two attached hydrogens (primary N) is 1. The number of likely N-dealkylation sites (tertiary alicyclic amines) is 1. The van der Waals surface area contributed by atoms with Gasteiger partial charge in [0, 0.05) is 18.8 Å². The minimum absolute atomic E-state index is 0.288. The van der Waals surface area contributed by atoms with Crippen molar-refractivity contribution in [3.63, 3.8) is 0 Å². The molecule has 0 bridgehead atoms. The molecule has 0 saturated carbocycles. The van der Waals surface area contributed by atoms with E-state index >= 15 is 0 Å². The summed E-state index contributed by atoms with van der Waals surface area (Å²) in [5.41, 5.74) is 7.13. The molecule has 3 rings (SSSR count). The zero-order valence-electron chi connectivity index (χ0n) is 12.6. The second-order valence-corrected chi connectivity index (χ2v) is 5.82. The molecule has 114 valence electrons. The van der Waals surface area contributed by atoms with E-state index in [-0.39, 0.29) is 5.91 Å². The highest BCUT2D eigenvalue weighted by Crippen LogP contribution is 2.35. The van der Waals surface area contributed by atoms with Crippen LogP contribution in [0.2, 0.25) is 0 Å². The standard InChI is InChI=1S/C18H21N3O/c19-17(22)18(21-11-4-5-12-21,16-8-2-1-3-9-16)13-15-7-6-10-20-14-15/h1-3,6-10,14H,4-5,11-13H2,(H2,19,22). The van der Waals surface area contributed by atoms with Gasteiger partial charge < -0.3 is 5.73 Å². The molecule has 1 aromatic carbocycles. The highest BCUT2D eigenvalue weighted by atomic mass is 16.1. The molecule has 0 spiro atoms. The summed E-state index contributed by atoms with van der Waals surface area (Å²) < 4.78 is 0. The van der Waals surface area contributed by atoms with Crippen LogP contribution in [0, 0.1) is 0 Å². The fourth-order valence-electron chi connectivity index (χ4n) is 3.39. The molecule has 1 unspecified atom stereocenters. The molecule has 0 radical (unpaired) electrons. The Morgan fingerprint density at radius 3 is 2.45 bits per heavy atom. The summed E-state index contributed by atoms with van der Waals surface area (Å²) >= 11 is 0. The van der Waals surface area contributed by atoms with Gasteiger partial charge in [0.05, 0.1) is 0 Å². The van der Waals surface area contributed by atoms with E-state index in [9.17, 15) is 4.79 Å². The maximum absolute atomic E-state index is 12.6. The van der Waals surface area contributed by atoms with E-state index in [0.717, 1.165) is 37.1 Å². The molecule has 1 aliphatic rings. The number of hydrogen-bond donors (Lipinski definition) is 1. The number of nitrogens with zero attached hydrogens (tertiary/aromatic N) is 2. The Bertz CT molecular complexity index is 623. The monoisotopic (exact) mass is 295 g/mol. The molecule has 1 saturated heterocycles. The van der Waals surface area contributed by atoms with E-state index in [0.29, 0.717) is 6.42 Å². The van der Waals surface area contributed by atoms with E-state index < -0.39 is 5.54 Å². The van der Waals surface area contributed by atoms with Crippen LogP contribution in [0.4, 0.5) is 0 Å². The van der Waals surface area contributed by atoms with Gasteiger partial charge in [-0.05, 0) is 43.1 Å². The Kier molecular flexibility index (Phi) is 4.20. The van der Waals surface area contributed by atoms with Gasteiger partial charge in [-0.15, -0.1) is 0 Å². The van der Waals surface area contributed by atoms with Gasteiger partial charge in [-0.3, -0.25) is 14.7 Å². The molecule has 1 aromatic heterocycles. The zero-order chi connectivity index (χ0) is 15.4. The van der Waals surface area contributed by atoms with Crippen LogP contribution in [0.25, 0.3) is 0 Å². The van der Waals surface area contributed by atoms with Crippen molar-refractivity contribution >= 4 is 5.91 Å². The van der Waals surface area contributed by atoms with Gasteiger partial charge in [-0.2, -0.15) is 0 Å². The Morgan fingerprint density at radius 2 is 1.86 bits per heavy atom. The first-order valence-corrected chi connectivity index (χ1v) is 7.73. The van der Waals surface area contributed by atoms with Crippen molar-refractivity contribution in [2.75, 3.05) is 13.1 Å². The van der Waals surface area contributed by atoms with Crippen molar-refractivity contribution < 1.29 is 4.79 Å². The molecule has 22 heavy (non-hydrogen) atoms. The summed E-state index contributed by atoms with van der Waals surface area (Å²) in [5, 5.41) is 0. The summed E-state index contributed by atoms with van der Waals surface area (Å²) in [6.45, 7) is 1.80. The maximum atomic E-state index is 12.6. The van der Waals surface area contributed by atoms with Crippen molar-refractivity contribution in [2.45, 2.75) is 24.8 Å². The predicted octanol–water partition coefficient (Wildman–Crippen LogP) is 2.10. The number of pyridine rings is 1. The van der Waals surface area contributed by atoms with Gasteiger partial charge in [-0.1, -0.05) is 36.4 Å². The molecule has 4 nitrogen and oxygen atoms in total. The Labute approximate surface area is 131 Å². The number of benzene rings is 1. The Morgan fingerprint density at radius 1 is 1.14 bits per heavy atom. The lowest BCUT2D eigenvalue weighted by Gasteiger charge is -2.40. The number of primary amides is 1. The molecule has 0 aliphatic carbocycles. The highest BCUT2D eigenvalue weighted by molar-refractivity contribution is 5.86. The lowest BCUT2D eigenvalue weighted by Crippen LogP contribution is -2.55. The fraction of sp³-hybridized carbons (Fsp3) is 0.333. The van der Waals surface area contributed by atoms with Gasteiger partial charge in [-0.25, -0.2) is 0 Å². The first-order valence-electron chi connectivity index (χ1n) is 7.73. The summed E-state index contributed by atoms with van der Waals surface area (Å²) in [6, 6.07) is 13.8. The van der Waals surface area contributed by atoms with Crippen LogP contribution >= 0.6 is 0 Å². The first kappa shape index (κ1) is 14.7. The quantitative estimate of drug-likeness (QED) is 0.919. The molecule has 2 N–H and O–H groups in total. The molecular formula is C18H21N3O. The van der Waals surface area contributed by atoms with E-state index in [1.165, 1.54) is 0 Å². The number of amides is 1. The lowest BCUT2D eigenvalue weighted by atomic mass is 9.82. The first-order chi connectivity index (χ1) is 10.7. The Balaban J connectivity index is 2.08. The van der Waals surface area contributed by atoms with Crippen molar-refractivity contribution in [1.29, 1.82) is 0 Å². The van der Waals surface area contributed by atoms with Gasteiger partial charge >= 0.3 is 0 Å². The normalized spacial score (nSPS) is 18.0. The van der Waals surface area contributed by atoms with E-state index in [4.69, 9.17) is 5.73 Å². The van der Waals surface area contributed by atoms with Crippen LogP contribution < -0.4 is 5.73 Å². The summed E-state index contributed by atoms with van der Waals surface area (Å²) in [7, 11) is 0. The van der Waals surface area contributed by atoms with Gasteiger partial charge in [0.1, 0.15) is 5.54 Å². The van der Waals surface area contributed by atoms with E-state index in [1.54, 1.807) is 6.20 Å². The van der Waals surface area contributed by atoms with Gasteiger partial charge in [0.25, 0.3) is 0 Å². The van der Waals surface area contributed by atoms with Crippen LogP contribution in [-0.4, -0.2) is 28.9 Å². The predicted molar refractivity (Wildman–Crippen MR) is 86.1 cm³/mol. The number of rotatable bonds is 5. The fourth-order valence-corrected chi connectivity index (χ4v) is 3.39. The molecule has 1 amide bonds. The second-order valence-electron chi connectivity index (χ2n) is 5.82. The van der Waals surface area contributed by atoms with Crippen molar-refractivity contribution in [3.8, 4) is 0 Å². The summed E-state index contributed by atoms with van der Waals surface area (Å²) in [6.07, 6.45) is 6.33. The van der Waals surface area contributed by atoms with E-state index in [1.807, 2.05) is 48.7 Å². The van der Waals surface area contributed by atoms with Gasteiger partial charge in [0.15, 0.2) is 0 Å². The maximum Gasteiger partial charge on any atom is 0.242 e. The molecular weight excluding hydrogens is 274 g/mol. The third-order valence-corrected chi connectivity index (χ3v) is 4.49. The topological polar surface area (TPSA) is 59.2 Å². The number of aromatic nitrogens is 1. The Hall–Kier alpha value is -2.20. The molecule has 1 atom stereocenters. The minimum atomic E-state index is -0.791. The highest BCUT2D eigenvalue weighted by Gasteiger charge is 2.45. The molecule has 4 heteroatoms. The number of hydrogen-bond acceptors (Lipinski definition) is 3. The van der Waals surface area contributed by atoms with Crippen molar-refractivity contribution in [3.05, 3.63) is 66.0 Å². The third kappa shape index (κ3) is 2.62. The van der Waals surface area contributed by atoms with Crippen LogP contribution in [0.1, 0.15) is 24.0 Å². The molecule has 2 heterocycles. The molecule has 1 aliphatic heterocycles. The average Bonchev–Trinajstić information content (AvgIpc) is 3.09. The lowest BCUT2D eigenvalue weighted by molar-refractivity contribution is -0.130. The van der Waals surface area contributed by atoms with Crippen molar-refractivity contribution in [1.82, 2.24) is 9.88 Å². The summed E-state index contributed by atoms with van der Waals surface area (Å²) in [4.78, 5) is 19.0. The van der Waals surface area contributed by atoms with Crippen LogP contribution in [0.5, 0.6) is 0 Å². The second kappa shape index (κ2) is 6.28. The van der Waals surface area contributed by atoms with Crippen LogP contribution in [0.15, 0.2) is 54.9 Å². The van der Waals surface area contributed by atoms with Crippen molar-refractivity contribution in [2.24, 2.45) is 5.73 Å². The molecule has 2 aromatic rings. The van der Waals surface area contributed by atoms with E-state index in [2.05, 4.69) is 9.88 Å². The van der Waals surface area contributed by atoms with Crippen LogP contribution in [-0.2, 0) is 16.8 Å². The third-order valence-electron chi connectivity index (χ3n) is 4.49. The summed E-state index contributed by atoms with van der Waals surface area (Å²) in [5.74, 6) is -0.288. The van der Waals surface area contributed by atoms with Crippen LogP contribution in [0.3, 0.4) is 0 Å². The average molecular weight is 295 g/mol. The number of carbonyl (C=O) groups excluding carboxylic acids is 1. The zero-order valence-corrected chi connectivity index (χ0v) is 12.6.